The summed E-state index contributed by atoms with van der Waals surface area (Å²) in [5, 5.41) is 13.4. The van der Waals surface area contributed by atoms with Crippen molar-refractivity contribution in [3.05, 3.63) is 71.5 Å². The number of para-hydroxylation sites is 1. The number of nitrogens with zero attached hydrogens (tertiary/aromatic N) is 2. The minimum absolute atomic E-state index is 0.257. The van der Waals surface area contributed by atoms with Gasteiger partial charge in [0.2, 0.25) is 10.9 Å². The van der Waals surface area contributed by atoms with E-state index in [1.165, 1.54) is 28.7 Å². The van der Waals surface area contributed by atoms with Crippen molar-refractivity contribution in [2.24, 2.45) is 0 Å². The molecule has 2 heterocycles. The molecule has 0 amide bonds. The molecule has 4 aromatic rings. The first kappa shape index (κ1) is 19.5. The van der Waals surface area contributed by atoms with Crippen molar-refractivity contribution in [3.63, 3.8) is 0 Å². The molecule has 148 valence electrons. The van der Waals surface area contributed by atoms with Gasteiger partial charge in [-0.3, -0.25) is 0 Å². The molecule has 0 aliphatic carbocycles. The minimum Gasteiger partial charge on any atom is -0.460 e. The van der Waals surface area contributed by atoms with Crippen molar-refractivity contribution in [2.45, 2.75) is 23.6 Å². The van der Waals surface area contributed by atoms with Gasteiger partial charge in [-0.25, -0.2) is 4.79 Å². The molecule has 0 saturated heterocycles. The van der Waals surface area contributed by atoms with E-state index < -0.39 is 5.97 Å². The van der Waals surface area contributed by atoms with Crippen LogP contribution in [0.15, 0.2) is 63.4 Å². The predicted octanol–water partition coefficient (Wildman–Crippen LogP) is 5.37. The Balaban J connectivity index is 1.46. The number of nitrogens with one attached hydrogen (secondary N) is 1. The Morgan fingerprint density at radius 2 is 1.93 bits per heavy atom. The lowest BCUT2D eigenvalue weighted by Gasteiger charge is -2.02. The van der Waals surface area contributed by atoms with E-state index >= 15 is 0 Å². The Morgan fingerprint density at radius 1 is 1.14 bits per heavy atom. The third kappa shape index (κ3) is 4.60. The van der Waals surface area contributed by atoms with E-state index in [1.807, 2.05) is 42.5 Å². The summed E-state index contributed by atoms with van der Waals surface area (Å²) < 4.78 is 11.7. The number of hydrogen-bond donors (Lipinski definition) is 1. The maximum absolute atomic E-state index is 12.3. The molecular formula is C21H19N3O3S2. The number of anilines is 1. The van der Waals surface area contributed by atoms with E-state index in [0.29, 0.717) is 24.5 Å². The van der Waals surface area contributed by atoms with E-state index in [4.69, 9.17) is 9.15 Å². The molecule has 0 atom stereocenters. The van der Waals surface area contributed by atoms with Gasteiger partial charge < -0.3 is 14.5 Å². The number of hydrogen-bond acceptors (Lipinski definition) is 8. The van der Waals surface area contributed by atoms with Gasteiger partial charge in [0.05, 0.1) is 6.61 Å². The maximum atomic E-state index is 12.3. The second kappa shape index (κ2) is 9.11. The highest BCUT2D eigenvalue weighted by Gasteiger charge is 2.22. The molecule has 2 aromatic carbocycles. The molecule has 0 aliphatic rings. The Hall–Kier alpha value is -2.84. The standard InChI is InChI=1S/C21H19N3O3S2/c1-2-26-19(25)18-16(15-10-6-7-11-17(15)27-18)13-28-21-24-23-20(29-21)22-12-14-8-4-3-5-9-14/h3-11H,2,12-13H2,1H3,(H,22,23). The zero-order chi connectivity index (χ0) is 20.1. The smallest absolute Gasteiger partial charge is 0.374 e. The monoisotopic (exact) mass is 425 g/mol. The van der Waals surface area contributed by atoms with Crippen molar-refractivity contribution in [1.82, 2.24) is 10.2 Å². The van der Waals surface area contributed by atoms with Crippen LogP contribution in [-0.2, 0) is 17.0 Å². The normalized spacial score (nSPS) is 10.9. The summed E-state index contributed by atoms with van der Waals surface area (Å²) in [5.41, 5.74) is 2.67. The lowest BCUT2D eigenvalue weighted by atomic mass is 10.1. The number of benzene rings is 2. The molecule has 0 unspecified atom stereocenters. The summed E-state index contributed by atoms with van der Waals surface area (Å²) in [6.07, 6.45) is 0. The Labute approximate surface area is 176 Å². The van der Waals surface area contributed by atoms with Crippen molar-refractivity contribution in [3.8, 4) is 0 Å². The van der Waals surface area contributed by atoms with Gasteiger partial charge in [-0.05, 0) is 18.6 Å². The number of fused-ring (bicyclic) bond motifs is 1. The van der Waals surface area contributed by atoms with Gasteiger partial charge in [-0.15, -0.1) is 10.2 Å². The van der Waals surface area contributed by atoms with Gasteiger partial charge in [0.25, 0.3) is 0 Å². The number of rotatable bonds is 8. The number of ether oxygens (including phenoxy) is 1. The number of carbonyl (C=O) groups excluding carboxylic acids is 1. The fraction of sp³-hybridized carbons (Fsp3) is 0.190. The molecule has 29 heavy (non-hydrogen) atoms. The molecule has 0 spiro atoms. The molecule has 0 bridgehead atoms. The van der Waals surface area contributed by atoms with E-state index in [9.17, 15) is 4.79 Å². The fourth-order valence-electron chi connectivity index (χ4n) is 2.85. The van der Waals surface area contributed by atoms with Crippen LogP contribution in [0.25, 0.3) is 11.0 Å². The van der Waals surface area contributed by atoms with Gasteiger partial charge in [0.1, 0.15) is 5.58 Å². The van der Waals surface area contributed by atoms with E-state index in [-0.39, 0.29) is 5.76 Å². The summed E-state index contributed by atoms with van der Waals surface area (Å²) in [7, 11) is 0. The topological polar surface area (TPSA) is 77.2 Å². The highest BCUT2D eigenvalue weighted by atomic mass is 32.2. The molecule has 8 heteroatoms. The van der Waals surface area contributed by atoms with Crippen LogP contribution in [0.1, 0.15) is 28.6 Å². The molecule has 1 N–H and O–H groups in total. The van der Waals surface area contributed by atoms with E-state index in [0.717, 1.165) is 20.4 Å². The molecule has 0 saturated carbocycles. The highest BCUT2D eigenvalue weighted by Crippen LogP contribution is 2.34. The number of thioether (sulfide) groups is 1. The second-order valence-electron chi connectivity index (χ2n) is 6.13. The Kier molecular flexibility index (Phi) is 6.12. The SMILES string of the molecule is CCOC(=O)c1oc2ccccc2c1CSc1nnc(NCc2ccccc2)s1. The van der Waals surface area contributed by atoms with Gasteiger partial charge in [-0.2, -0.15) is 0 Å². The lowest BCUT2D eigenvalue weighted by Crippen LogP contribution is -2.05. The lowest BCUT2D eigenvalue weighted by molar-refractivity contribution is 0.0491. The van der Waals surface area contributed by atoms with Gasteiger partial charge in [0, 0.05) is 23.2 Å². The van der Waals surface area contributed by atoms with Gasteiger partial charge in [-0.1, -0.05) is 71.6 Å². The Bertz CT molecular complexity index is 1110. The van der Waals surface area contributed by atoms with Crippen LogP contribution in [0.2, 0.25) is 0 Å². The fourth-order valence-corrected chi connectivity index (χ4v) is 4.63. The maximum Gasteiger partial charge on any atom is 0.374 e. The zero-order valence-corrected chi connectivity index (χ0v) is 17.4. The third-order valence-corrected chi connectivity index (χ3v) is 6.23. The van der Waals surface area contributed by atoms with Crippen LogP contribution in [-0.4, -0.2) is 22.8 Å². The van der Waals surface area contributed by atoms with Crippen molar-refractivity contribution < 1.29 is 13.9 Å². The summed E-state index contributed by atoms with van der Waals surface area (Å²) >= 11 is 3.01. The van der Waals surface area contributed by atoms with Crippen LogP contribution < -0.4 is 5.32 Å². The quantitative estimate of drug-likeness (QED) is 0.300. The second-order valence-corrected chi connectivity index (χ2v) is 8.33. The Morgan fingerprint density at radius 3 is 2.76 bits per heavy atom. The molecule has 0 radical (unpaired) electrons. The number of carbonyl (C=O) groups is 1. The molecule has 2 aromatic heterocycles. The number of esters is 1. The summed E-state index contributed by atoms with van der Waals surface area (Å²) in [4.78, 5) is 12.3. The number of furan rings is 1. The van der Waals surface area contributed by atoms with Crippen molar-refractivity contribution in [2.75, 3.05) is 11.9 Å². The van der Waals surface area contributed by atoms with E-state index in [2.05, 4.69) is 27.6 Å². The van der Waals surface area contributed by atoms with Crippen molar-refractivity contribution >= 4 is 45.2 Å². The largest absolute Gasteiger partial charge is 0.460 e. The van der Waals surface area contributed by atoms with Crippen LogP contribution in [0.4, 0.5) is 5.13 Å². The molecule has 0 fully saturated rings. The minimum atomic E-state index is -0.443. The van der Waals surface area contributed by atoms with Crippen LogP contribution >= 0.6 is 23.1 Å². The zero-order valence-electron chi connectivity index (χ0n) is 15.8. The average Bonchev–Trinajstić information content (AvgIpc) is 3.36. The molecular weight excluding hydrogens is 406 g/mol. The third-order valence-electron chi connectivity index (χ3n) is 4.19. The van der Waals surface area contributed by atoms with Crippen LogP contribution in [0, 0.1) is 0 Å². The molecule has 0 aliphatic heterocycles. The molecule has 4 rings (SSSR count). The first-order chi connectivity index (χ1) is 14.2. The van der Waals surface area contributed by atoms with Gasteiger partial charge >= 0.3 is 5.97 Å². The van der Waals surface area contributed by atoms with Gasteiger partial charge in [0.15, 0.2) is 4.34 Å². The molecule has 6 nitrogen and oxygen atoms in total. The number of aromatic nitrogens is 2. The average molecular weight is 426 g/mol. The van der Waals surface area contributed by atoms with Crippen molar-refractivity contribution in [1.29, 1.82) is 0 Å². The first-order valence-corrected chi connectivity index (χ1v) is 11.0. The highest BCUT2D eigenvalue weighted by molar-refractivity contribution is 8.00. The summed E-state index contributed by atoms with van der Waals surface area (Å²) in [5.74, 6) is 0.354. The van der Waals surface area contributed by atoms with E-state index in [1.54, 1.807) is 6.92 Å². The summed E-state index contributed by atoms with van der Waals surface area (Å²) in [6, 6.07) is 17.7. The van der Waals surface area contributed by atoms with Crippen LogP contribution in [0.5, 0.6) is 0 Å². The summed E-state index contributed by atoms with van der Waals surface area (Å²) in [6.45, 7) is 2.77. The first-order valence-electron chi connectivity index (χ1n) is 9.16. The van der Waals surface area contributed by atoms with Crippen LogP contribution in [0.3, 0.4) is 0 Å². The predicted molar refractivity (Wildman–Crippen MR) is 115 cm³/mol.